The highest BCUT2D eigenvalue weighted by Crippen LogP contribution is 2.18. The van der Waals surface area contributed by atoms with Gasteiger partial charge in [0.15, 0.2) is 9.84 Å². The molecule has 1 aromatic rings. The molecular formula is C8H9BrO2S. The molecule has 0 fully saturated rings. The van der Waals surface area contributed by atoms with E-state index in [1.807, 2.05) is 13.0 Å². The first-order valence-corrected chi connectivity index (χ1v) is 6.05. The summed E-state index contributed by atoms with van der Waals surface area (Å²) in [6.45, 7) is 1.86. The molecule has 0 amide bonds. The van der Waals surface area contributed by atoms with Crippen LogP contribution < -0.4 is 0 Å². The van der Waals surface area contributed by atoms with E-state index in [1.165, 1.54) is 6.26 Å². The van der Waals surface area contributed by atoms with Crippen molar-refractivity contribution >= 4 is 25.8 Å². The van der Waals surface area contributed by atoms with E-state index >= 15 is 0 Å². The van der Waals surface area contributed by atoms with E-state index in [0.29, 0.717) is 4.90 Å². The van der Waals surface area contributed by atoms with Crippen molar-refractivity contribution in [3.05, 3.63) is 28.2 Å². The molecule has 4 heteroatoms. The van der Waals surface area contributed by atoms with Crippen molar-refractivity contribution in [2.45, 2.75) is 11.8 Å². The minimum Gasteiger partial charge on any atom is -0.224 e. The first kappa shape index (κ1) is 9.74. The zero-order chi connectivity index (χ0) is 9.35. The zero-order valence-electron chi connectivity index (χ0n) is 6.83. The number of benzene rings is 1. The van der Waals surface area contributed by atoms with Crippen molar-refractivity contribution in [2.75, 3.05) is 6.26 Å². The van der Waals surface area contributed by atoms with E-state index in [9.17, 15) is 8.42 Å². The lowest BCUT2D eigenvalue weighted by molar-refractivity contribution is 0.601. The highest BCUT2D eigenvalue weighted by Gasteiger charge is 2.07. The molecule has 0 aromatic heterocycles. The van der Waals surface area contributed by atoms with E-state index < -0.39 is 9.84 Å². The summed E-state index contributed by atoms with van der Waals surface area (Å²) < 4.78 is 23.0. The molecule has 0 aliphatic heterocycles. The summed E-state index contributed by atoms with van der Waals surface area (Å²) in [4.78, 5) is 0.356. The topological polar surface area (TPSA) is 34.1 Å². The summed E-state index contributed by atoms with van der Waals surface area (Å²) in [5, 5.41) is 0. The average Bonchev–Trinajstić information content (AvgIpc) is 1.82. The van der Waals surface area contributed by atoms with Crippen LogP contribution in [0, 0.1) is 6.92 Å². The van der Waals surface area contributed by atoms with Gasteiger partial charge in [-0.1, -0.05) is 15.9 Å². The first-order valence-electron chi connectivity index (χ1n) is 3.37. The van der Waals surface area contributed by atoms with Crippen LogP contribution in [0.1, 0.15) is 5.56 Å². The Hall–Kier alpha value is -0.350. The van der Waals surface area contributed by atoms with Gasteiger partial charge in [-0.25, -0.2) is 8.42 Å². The van der Waals surface area contributed by atoms with Crippen molar-refractivity contribution in [3.8, 4) is 0 Å². The van der Waals surface area contributed by atoms with Gasteiger partial charge >= 0.3 is 0 Å². The summed E-state index contributed by atoms with van der Waals surface area (Å²) in [7, 11) is -3.08. The first-order chi connectivity index (χ1) is 5.39. The molecule has 0 unspecified atom stereocenters. The van der Waals surface area contributed by atoms with E-state index in [4.69, 9.17) is 0 Å². The molecule has 0 saturated heterocycles. The average molecular weight is 249 g/mol. The van der Waals surface area contributed by atoms with E-state index in [0.717, 1.165) is 10.0 Å². The predicted octanol–water partition coefficient (Wildman–Crippen LogP) is 2.16. The van der Waals surface area contributed by atoms with Crippen LogP contribution in [0.25, 0.3) is 0 Å². The minimum absolute atomic E-state index is 0.356. The molecule has 0 spiro atoms. The second-order valence-electron chi connectivity index (χ2n) is 2.74. The lowest BCUT2D eigenvalue weighted by Crippen LogP contribution is -1.97. The van der Waals surface area contributed by atoms with Crippen LogP contribution in [-0.4, -0.2) is 14.7 Å². The Morgan fingerprint density at radius 2 is 1.83 bits per heavy atom. The smallest absolute Gasteiger partial charge is 0.175 e. The van der Waals surface area contributed by atoms with Crippen LogP contribution in [0.5, 0.6) is 0 Å². The molecule has 66 valence electrons. The Balaban J connectivity index is 3.37. The van der Waals surface area contributed by atoms with Gasteiger partial charge in [-0.15, -0.1) is 0 Å². The van der Waals surface area contributed by atoms with E-state index in [-0.39, 0.29) is 0 Å². The molecule has 0 radical (unpaired) electrons. The number of rotatable bonds is 1. The zero-order valence-corrected chi connectivity index (χ0v) is 9.24. The number of aryl methyl sites for hydroxylation is 1. The number of halogens is 1. The van der Waals surface area contributed by atoms with Gasteiger partial charge in [-0.05, 0) is 30.7 Å². The third-order valence-corrected chi connectivity index (χ3v) is 2.99. The molecule has 0 aliphatic carbocycles. The van der Waals surface area contributed by atoms with Gasteiger partial charge in [0.2, 0.25) is 0 Å². The molecular weight excluding hydrogens is 240 g/mol. The van der Waals surface area contributed by atoms with Crippen LogP contribution in [0.2, 0.25) is 0 Å². The third-order valence-electron chi connectivity index (χ3n) is 1.44. The molecule has 0 bridgehead atoms. The highest BCUT2D eigenvalue weighted by molar-refractivity contribution is 9.10. The molecule has 1 aromatic carbocycles. The van der Waals surface area contributed by atoms with Crippen LogP contribution in [-0.2, 0) is 9.84 Å². The van der Waals surface area contributed by atoms with Crippen LogP contribution >= 0.6 is 15.9 Å². The summed E-state index contributed by atoms with van der Waals surface area (Å²) >= 11 is 3.24. The van der Waals surface area contributed by atoms with Gasteiger partial charge < -0.3 is 0 Å². The lowest BCUT2D eigenvalue weighted by Gasteiger charge is -2.00. The maximum Gasteiger partial charge on any atom is 0.175 e. The SMILES string of the molecule is Cc1cc(Br)cc(S(C)(=O)=O)c1. The molecule has 0 heterocycles. The van der Waals surface area contributed by atoms with Gasteiger partial charge in [-0.3, -0.25) is 0 Å². The standard InChI is InChI=1S/C8H9BrO2S/c1-6-3-7(9)5-8(4-6)12(2,10)11/h3-5H,1-2H3. The summed E-state index contributed by atoms with van der Waals surface area (Å²) in [6, 6.07) is 5.12. The van der Waals surface area contributed by atoms with E-state index in [2.05, 4.69) is 15.9 Å². The molecule has 0 N–H and O–H groups in total. The van der Waals surface area contributed by atoms with Gasteiger partial charge in [0.25, 0.3) is 0 Å². The quantitative estimate of drug-likeness (QED) is 0.764. The molecule has 12 heavy (non-hydrogen) atoms. The molecule has 0 saturated carbocycles. The lowest BCUT2D eigenvalue weighted by atomic mass is 10.2. The van der Waals surface area contributed by atoms with Crippen molar-refractivity contribution in [2.24, 2.45) is 0 Å². The van der Waals surface area contributed by atoms with Crippen molar-refractivity contribution in [3.63, 3.8) is 0 Å². The van der Waals surface area contributed by atoms with Crippen LogP contribution in [0.3, 0.4) is 0 Å². The Kier molecular flexibility index (Phi) is 2.58. The van der Waals surface area contributed by atoms with Crippen LogP contribution in [0.15, 0.2) is 27.6 Å². The Morgan fingerprint density at radius 1 is 1.25 bits per heavy atom. The molecule has 1 rings (SSSR count). The Labute approximate surface area is 80.7 Å². The maximum atomic E-state index is 11.1. The Bertz CT molecular complexity index is 375. The number of sulfone groups is 1. The number of hydrogen-bond donors (Lipinski definition) is 0. The highest BCUT2D eigenvalue weighted by atomic mass is 79.9. The van der Waals surface area contributed by atoms with Crippen LogP contribution in [0.4, 0.5) is 0 Å². The van der Waals surface area contributed by atoms with Gasteiger partial charge in [-0.2, -0.15) is 0 Å². The molecule has 2 nitrogen and oxygen atoms in total. The second kappa shape index (κ2) is 3.18. The van der Waals surface area contributed by atoms with Crippen molar-refractivity contribution in [1.29, 1.82) is 0 Å². The summed E-state index contributed by atoms with van der Waals surface area (Å²) in [5.41, 5.74) is 0.935. The van der Waals surface area contributed by atoms with E-state index in [1.54, 1.807) is 12.1 Å². The summed E-state index contributed by atoms with van der Waals surface area (Å²) in [6.07, 6.45) is 1.20. The largest absolute Gasteiger partial charge is 0.224 e. The summed E-state index contributed by atoms with van der Waals surface area (Å²) in [5.74, 6) is 0. The fourth-order valence-corrected chi connectivity index (χ4v) is 2.42. The molecule has 0 atom stereocenters. The maximum absolute atomic E-state index is 11.1. The monoisotopic (exact) mass is 248 g/mol. The van der Waals surface area contributed by atoms with Gasteiger partial charge in [0.1, 0.15) is 0 Å². The minimum atomic E-state index is -3.08. The van der Waals surface area contributed by atoms with Crippen molar-refractivity contribution < 1.29 is 8.42 Å². The number of hydrogen-bond acceptors (Lipinski definition) is 2. The normalized spacial score (nSPS) is 11.6. The Morgan fingerprint density at radius 3 is 2.25 bits per heavy atom. The fraction of sp³-hybridized carbons (Fsp3) is 0.250. The molecule has 0 aliphatic rings. The fourth-order valence-electron chi connectivity index (χ4n) is 0.917. The van der Waals surface area contributed by atoms with Gasteiger partial charge in [0, 0.05) is 10.7 Å². The van der Waals surface area contributed by atoms with Crippen molar-refractivity contribution in [1.82, 2.24) is 0 Å². The van der Waals surface area contributed by atoms with Gasteiger partial charge in [0.05, 0.1) is 4.90 Å². The second-order valence-corrected chi connectivity index (χ2v) is 5.67. The predicted molar refractivity (Wildman–Crippen MR) is 52.0 cm³/mol. The third kappa shape index (κ3) is 2.32.